The summed E-state index contributed by atoms with van der Waals surface area (Å²) in [6.07, 6.45) is 0. The topological polar surface area (TPSA) is 83.9 Å². The number of aliphatic hydroxyl groups is 1. The Morgan fingerprint density at radius 1 is 1.00 bits per heavy atom. The Kier molecular flexibility index (Phi) is 5.77. The van der Waals surface area contributed by atoms with Gasteiger partial charge in [0.15, 0.2) is 11.5 Å². The summed E-state index contributed by atoms with van der Waals surface area (Å²) in [6, 6.07) is 11.5. The normalized spacial score (nSPS) is 16.6. The number of hydrogen-bond donors (Lipinski definition) is 1. The number of Topliss-reactive ketones (excluding diaryl/α,β-unsaturated/α-hetero) is 1. The Morgan fingerprint density at radius 3 is 2.03 bits per heavy atom. The molecule has 6 heteroatoms. The number of benzene rings is 2. The van der Waals surface area contributed by atoms with Crippen molar-refractivity contribution in [2.75, 3.05) is 4.90 Å². The van der Waals surface area contributed by atoms with Gasteiger partial charge in [-0.05, 0) is 54.8 Å². The highest BCUT2D eigenvalue weighted by Crippen LogP contribution is 2.44. The average Bonchev–Trinajstić information content (AvgIpc) is 2.91. The molecule has 0 aromatic heterocycles. The Morgan fingerprint density at radius 2 is 1.55 bits per heavy atom. The lowest BCUT2D eigenvalue weighted by molar-refractivity contribution is -0.132. The third-order valence-electron chi connectivity index (χ3n) is 5.08. The minimum absolute atomic E-state index is 0.0666. The number of esters is 1. The van der Waals surface area contributed by atoms with Crippen molar-refractivity contribution >= 4 is 23.3 Å². The van der Waals surface area contributed by atoms with E-state index in [9.17, 15) is 19.5 Å². The highest BCUT2D eigenvalue weighted by Gasteiger charge is 2.46. The van der Waals surface area contributed by atoms with Gasteiger partial charge in [0.1, 0.15) is 5.75 Å². The summed E-state index contributed by atoms with van der Waals surface area (Å²) < 4.78 is 5.10. The van der Waals surface area contributed by atoms with Crippen molar-refractivity contribution < 1.29 is 24.2 Å². The van der Waals surface area contributed by atoms with Crippen LogP contribution in [0.4, 0.5) is 5.69 Å². The standard InChI is InChI=1S/C25H27NO5/c1-14-11-15(2)13-18(12-14)26-21(17-7-9-19(10-8-17)31-16(3)27)20(22(28)24(26)30)23(29)25(4,5)6/h7-13,21,28H,1-6H3. The van der Waals surface area contributed by atoms with Crippen LogP contribution >= 0.6 is 0 Å². The van der Waals surface area contributed by atoms with E-state index in [0.29, 0.717) is 17.0 Å². The summed E-state index contributed by atoms with van der Waals surface area (Å²) in [7, 11) is 0. The number of nitrogens with zero attached hydrogens (tertiary/aromatic N) is 1. The average molecular weight is 421 g/mol. The lowest BCUT2D eigenvalue weighted by atomic mass is 9.82. The van der Waals surface area contributed by atoms with E-state index < -0.39 is 29.1 Å². The van der Waals surface area contributed by atoms with Gasteiger partial charge in [-0.3, -0.25) is 19.3 Å². The maximum absolute atomic E-state index is 13.3. The van der Waals surface area contributed by atoms with Crippen molar-refractivity contribution in [3.63, 3.8) is 0 Å². The fourth-order valence-corrected chi connectivity index (χ4v) is 3.80. The van der Waals surface area contributed by atoms with Crippen molar-refractivity contribution in [2.45, 2.75) is 47.6 Å². The highest BCUT2D eigenvalue weighted by molar-refractivity contribution is 6.17. The van der Waals surface area contributed by atoms with Gasteiger partial charge in [0.25, 0.3) is 5.91 Å². The van der Waals surface area contributed by atoms with Gasteiger partial charge in [-0.15, -0.1) is 0 Å². The third-order valence-corrected chi connectivity index (χ3v) is 5.08. The van der Waals surface area contributed by atoms with Gasteiger partial charge in [0.2, 0.25) is 0 Å². The van der Waals surface area contributed by atoms with Crippen LogP contribution in [0.5, 0.6) is 5.75 Å². The van der Waals surface area contributed by atoms with Crippen LogP contribution in [-0.4, -0.2) is 22.8 Å². The van der Waals surface area contributed by atoms with Gasteiger partial charge in [-0.1, -0.05) is 39.0 Å². The van der Waals surface area contributed by atoms with Gasteiger partial charge in [-0.2, -0.15) is 0 Å². The fourth-order valence-electron chi connectivity index (χ4n) is 3.80. The Bertz CT molecular complexity index is 1070. The molecule has 0 saturated heterocycles. The quantitative estimate of drug-likeness (QED) is 0.569. The maximum atomic E-state index is 13.3. The molecule has 3 rings (SSSR count). The van der Waals surface area contributed by atoms with Crippen molar-refractivity contribution in [3.8, 4) is 5.75 Å². The van der Waals surface area contributed by atoms with E-state index in [1.54, 1.807) is 45.0 Å². The fraction of sp³-hybridized carbons (Fsp3) is 0.320. The number of anilines is 1. The zero-order valence-electron chi connectivity index (χ0n) is 18.6. The molecule has 0 spiro atoms. The first kappa shape index (κ1) is 22.3. The van der Waals surface area contributed by atoms with E-state index in [1.165, 1.54) is 11.8 Å². The smallest absolute Gasteiger partial charge is 0.308 e. The number of ketones is 1. The molecule has 1 atom stereocenters. The van der Waals surface area contributed by atoms with Crippen molar-refractivity contribution in [1.82, 2.24) is 0 Å². The van der Waals surface area contributed by atoms with E-state index in [-0.39, 0.29) is 11.4 Å². The molecule has 1 heterocycles. The van der Waals surface area contributed by atoms with Crippen LogP contribution in [0.1, 0.15) is 50.4 Å². The molecule has 1 aliphatic rings. The zero-order chi connectivity index (χ0) is 23.1. The van der Waals surface area contributed by atoms with Gasteiger partial charge in [-0.25, -0.2) is 0 Å². The Labute approximate surface area is 182 Å². The van der Waals surface area contributed by atoms with E-state index >= 15 is 0 Å². The third kappa shape index (κ3) is 4.38. The minimum atomic E-state index is -0.799. The molecule has 1 aliphatic heterocycles. The summed E-state index contributed by atoms with van der Waals surface area (Å²) in [4.78, 5) is 39.1. The second-order valence-electron chi connectivity index (χ2n) is 8.93. The molecule has 0 saturated carbocycles. The zero-order valence-corrected chi connectivity index (χ0v) is 18.6. The molecular weight excluding hydrogens is 394 g/mol. The summed E-state index contributed by atoms with van der Waals surface area (Å²) in [5, 5.41) is 10.8. The van der Waals surface area contributed by atoms with Gasteiger partial charge >= 0.3 is 5.97 Å². The Balaban J connectivity index is 2.18. The highest BCUT2D eigenvalue weighted by atomic mass is 16.5. The number of rotatable bonds is 4. The second kappa shape index (κ2) is 8.02. The summed E-state index contributed by atoms with van der Waals surface area (Å²) >= 11 is 0. The number of amides is 1. The molecule has 1 N–H and O–H groups in total. The van der Waals surface area contributed by atoms with Crippen LogP contribution in [0.3, 0.4) is 0 Å². The molecule has 0 bridgehead atoms. The van der Waals surface area contributed by atoms with Crippen molar-refractivity contribution in [2.24, 2.45) is 5.41 Å². The first-order valence-electron chi connectivity index (χ1n) is 10.1. The molecule has 162 valence electrons. The molecule has 31 heavy (non-hydrogen) atoms. The first-order chi connectivity index (χ1) is 14.4. The summed E-state index contributed by atoms with van der Waals surface area (Å²) in [5.41, 5.74) is 2.42. The number of carbonyl (C=O) groups excluding carboxylic acids is 3. The number of carbonyl (C=O) groups is 3. The summed E-state index contributed by atoms with van der Waals surface area (Å²) in [6.45, 7) is 10.4. The lowest BCUT2D eigenvalue weighted by Crippen LogP contribution is -2.33. The summed E-state index contributed by atoms with van der Waals surface area (Å²) in [5.74, 6) is -1.55. The van der Waals surface area contributed by atoms with Gasteiger partial charge in [0, 0.05) is 18.0 Å². The number of ether oxygens (including phenoxy) is 1. The van der Waals surface area contributed by atoms with Crippen LogP contribution in [0.2, 0.25) is 0 Å². The molecule has 1 amide bonds. The van der Waals surface area contributed by atoms with Crippen LogP contribution < -0.4 is 9.64 Å². The predicted octanol–water partition coefficient (Wildman–Crippen LogP) is 4.74. The molecule has 1 unspecified atom stereocenters. The molecule has 0 aliphatic carbocycles. The van der Waals surface area contributed by atoms with E-state index in [1.807, 2.05) is 32.0 Å². The van der Waals surface area contributed by atoms with Crippen LogP contribution in [0.25, 0.3) is 0 Å². The van der Waals surface area contributed by atoms with E-state index in [4.69, 9.17) is 4.74 Å². The maximum Gasteiger partial charge on any atom is 0.308 e. The molecule has 6 nitrogen and oxygen atoms in total. The van der Waals surface area contributed by atoms with Gasteiger partial charge in [0.05, 0.1) is 11.6 Å². The minimum Gasteiger partial charge on any atom is -0.503 e. The van der Waals surface area contributed by atoms with E-state index in [2.05, 4.69) is 0 Å². The monoisotopic (exact) mass is 421 g/mol. The van der Waals surface area contributed by atoms with Gasteiger partial charge < -0.3 is 9.84 Å². The Hall–Kier alpha value is -3.41. The molecular formula is C25H27NO5. The SMILES string of the molecule is CC(=O)Oc1ccc(C2C(C(=O)C(C)(C)C)=C(O)C(=O)N2c2cc(C)cc(C)c2)cc1. The number of hydrogen-bond acceptors (Lipinski definition) is 5. The molecule has 2 aromatic carbocycles. The predicted molar refractivity (Wildman–Crippen MR) is 118 cm³/mol. The van der Waals surface area contributed by atoms with Crippen molar-refractivity contribution in [1.29, 1.82) is 0 Å². The number of aryl methyl sites for hydroxylation is 2. The van der Waals surface area contributed by atoms with Crippen LogP contribution in [-0.2, 0) is 14.4 Å². The van der Waals surface area contributed by atoms with E-state index in [0.717, 1.165) is 11.1 Å². The van der Waals surface area contributed by atoms with Crippen LogP contribution in [0.15, 0.2) is 53.8 Å². The molecule has 0 radical (unpaired) electrons. The van der Waals surface area contributed by atoms with Crippen LogP contribution in [0, 0.1) is 19.3 Å². The molecule has 0 fully saturated rings. The number of aliphatic hydroxyl groups excluding tert-OH is 1. The van der Waals surface area contributed by atoms with Crippen molar-refractivity contribution in [3.05, 3.63) is 70.5 Å². The second-order valence-corrected chi connectivity index (χ2v) is 8.93. The lowest BCUT2D eigenvalue weighted by Gasteiger charge is -2.29. The largest absolute Gasteiger partial charge is 0.503 e. The first-order valence-corrected chi connectivity index (χ1v) is 10.1. The molecule has 2 aromatic rings.